The fourth-order valence-electron chi connectivity index (χ4n) is 2.17. The Morgan fingerprint density at radius 1 is 1.09 bits per heavy atom. The van der Waals surface area contributed by atoms with Gasteiger partial charge in [0.15, 0.2) is 11.5 Å². The number of nitrogens with one attached hydrogen (secondary N) is 1. The first-order valence-electron chi connectivity index (χ1n) is 7.68. The molecule has 0 spiro atoms. The Hall–Kier alpha value is -1.75. The number of hydrogen-bond donors (Lipinski definition) is 2. The van der Waals surface area contributed by atoms with E-state index in [1.807, 2.05) is 49.4 Å². The van der Waals surface area contributed by atoms with Crippen molar-refractivity contribution >= 4 is 11.6 Å². The van der Waals surface area contributed by atoms with Crippen LogP contribution < -0.4 is 14.8 Å². The summed E-state index contributed by atoms with van der Waals surface area (Å²) in [7, 11) is 0. The summed E-state index contributed by atoms with van der Waals surface area (Å²) in [5, 5.41) is 12.5. The second kappa shape index (κ2) is 9.40. The molecule has 0 radical (unpaired) electrons. The van der Waals surface area contributed by atoms with E-state index < -0.39 is 0 Å². The molecule has 4 nitrogen and oxygen atoms in total. The molecule has 2 N–H and O–H groups in total. The van der Waals surface area contributed by atoms with Crippen molar-refractivity contribution in [2.75, 3.05) is 19.8 Å². The van der Waals surface area contributed by atoms with Gasteiger partial charge < -0.3 is 19.9 Å². The molecule has 0 saturated carbocycles. The summed E-state index contributed by atoms with van der Waals surface area (Å²) in [6.07, 6.45) is 0. The highest BCUT2D eigenvalue weighted by Gasteiger charge is 2.13. The summed E-state index contributed by atoms with van der Waals surface area (Å²) in [6, 6.07) is 13.7. The maximum atomic E-state index is 8.83. The van der Waals surface area contributed by atoms with Crippen LogP contribution in [0.25, 0.3) is 0 Å². The molecule has 0 bridgehead atoms. The Morgan fingerprint density at radius 2 is 1.87 bits per heavy atom. The number of ether oxygens (including phenoxy) is 2. The highest BCUT2D eigenvalue weighted by atomic mass is 35.5. The molecule has 0 fully saturated rings. The van der Waals surface area contributed by atoms with E-state index in [2.05, 4.69) is 5.32 Å². The lowest BCUT2D eigenvalue weighted by atomic mass is 10.2. The van der Waals surface area contributed by atoms with Crippen molar-refractivity contribution < 1.29 is 14.6 Å². The van der Waals surface area contributed by atoms with Gasteiger partial charge in [-0.05, 0) is 30.2 Å². The van der Waals surface area contributed by atoms with Crippen molar-refractivity contribution in [1.82, 2.24) is 5.32 Å². The smallest absolute Gasteiger partial charge is 0.180 e. The normalized spacial score (nSPS) is 10.6. The van der Waals surface area contributed by atoms with Crippen molar-refractivity contribution in [2.45, 2.75) is 20.1 Å². The molecule has 5 heteroatoms. The molecule has 0 heterocycles. The fraction of sp³-hybridized carbons (Fsp3) is 0.333. The van der Waals surface area contributed by atoms with Crippen LogP contribution in [0.5, 0.6) is 11.5 Å². The molecule has 0 aromatic heterocycles. The Balaban J connectivity index is 2.13. The second-order valence-electron chi connectivity index (χ2n) is 5.01. The average molecular weight is 336 g/mol. The maximum Gasteiger partial charge on any atom is 0.180 e. The zero-order valence-corrected chi connectivity index (χ0v) is 14.0. The highest BCUT2D eigenvalue weighted by molar-refractivity contribution is 6.32. The number of rotatable bonds is 9. The van der Waals surface area contributed by atoms with Crippen molar-refractivity contribution in [3.05, 3.63) is 58.6 Å². The van der Waals surface area contributed by atoms with E-state index in [9.17, 15) is 0 Å². The highest BCUT2D eigenvalue weighted by Crippen LogP contribution is 2.37. The number of hydrogen-bond acceptors (Lipinski definition) is 4. The van der Waals surface area contributed by atoms with Crippen LogP contribution in [0.1, 0.15) is 18.1 Å². The largest absolute Gasteiger partial charge is 0.490 e. The minimum atomic E-state index is 0.102. The molecule has 2 aromatic rings. The first-order chi connectivity index (χ1) is 11.2. The number of benzene rings is 2. The molecule has 0 aliphatic rings. The molecule has 0 unspecified atom stereocenters. The predicted molar refractivity (Wildman–Crippen MR) is 92.2 cm³/mol. The monoisotopic (exact) mass is 335 g/mol. The van der Waals surface area contributed by atoms with Crippen molar-refractivity contribution in [3.63, 3.8) is 0 Å². The third-order valence-electron chi connectivity index (χ3n) is 3.21. The Bertz CT molecular complexity index is 605. The molecular formula is C18H22ClNO3. The number of halogens is 1. The van der Waals surface area contributed by atoms with Gasteiger partial charge in [-0.25, -0.2) is 0 Å². The standard InChI is InChI=1S/C18H22ClNO3/c1-2-22-17-11-15(12-20-8-9-21)10-16(19)18(17)23-13-14-6-4-3-5-7-14/h3-7,10-11,20-21H,2,8-9,12-13H2,1H3. The lowest BCUT2D eigenvalue weighted by Gasteiger charge is -2.15. The van der Waals surface area contributed by atoms with E-state index in [0.29, 0.717) is 42.8 Å². The molecule has 2 rings (SSSR count). The van der Waals surface area contributed by atoms with Gasteiger partial charge in [0.05, 0.1) is 18.2 Å². The van der Waals surface area contributed by atoms with Crippen LogP contribution in [0.2, 0.25) is 5.02 Å². The van der Waals surface area contributed by atoms with Gasteiger partial charge in [0.2, 0.25) is 0 Å². The van der Waals surface area contributed by atoms with Gasteiger partial charge in [0, 0.05) is 13.1 Å². The number of aliphatic hydroxyl groups excluding tert-OH is 1. The Labute approximate surface area is 142 Å². The van der Waals surface area contributed by atoms with E-state index in [4.69, 9.17) is 26.2 Å². The Kier molecular flexibility index (Phi) is 7.20. The SMILES string of the molecule is CCOc1cc(CNCCO)cc(Cl)c1OCc1ccccc1. The van der Waals surface area contributed by atoms with E-state index in [1.165, 1.54) is 0 Å². The summed E-state index contributed by atoms with van der Waals surface area (Å²) < 4.78 is 11.5. The van der Waals surface area contributed by atoms with Gasteiger partial charge in [-0.2, -0.15) is 0 Å². The lowest BCUT2D eigenvalue weighted by Crippen LogP contribution is -2.17. The average Bonchev–Trinajstić information content (AvgIpc) is 2.55. The van der Waals surface area contributed by atoms with Gasteiger partial charge in [-0.3, -0.25) is 0 Å². The molecule has 124 valence electrons. The van der Waals surface area contributed by atoms with Gasteiger partial charge in [-0.15, -0.1) is 0 Å². The molecule has 0 aliphatic carbocycles. The fourth-order valence-corrected chi connectivity index (χ4v) is 2.46. The molecule has 0 atom stereocenters. The van der Waals surface area contributed by atoms with Crippen LogP contribution in [0.4, 0.5) is 0 Å². The molecule has 2 aromatic carbocycles. The molecule has 0 saturated heterocycles. The third-order valence-corrected chi connectivity index (χ3v) is 3.49. The summed E-state index contributed by atoms with van der Waals surface area (Å²) in [5.41, 5.74) is 2.05. The van der Waals surface area contributed by atoms with E-state index in [1.54, 1.807) is 0 Å². The second-order valence-corrected chi connectivity index (χ2v) is 5.42. The summed E-state index contributed by atoms with van der Waals surface area (Å²) in [5.74, 6) is 1.19. The zero-order chi connectivity index (χ0) is 16.5. The van der Waals surface area contributed by atoms with Crippen LogP contribution in [0, 0.1) is 0 Å². The van der Waals surface area contributed by atoms with Gasteiger partial charge >= 0.3 is 0 Å². The van der Waals surface area contributed by atoms with Crippen LogP contribution in [0.3, 0.4) is 0 Å². The van der Waals surface area contributed by atoms with Gasteiger partial charge in [0.1, 0.15) is 6.61 Å². The topological polar surface area (TPSA) is 50.7 Å². The lowest BCUT2D eigenvalue weighted by molar-refractivity contribution is 0.269. The molecule has 0 aliphatic heterocycles. The molecule has 23 heavy (non-hydrogen) atoms. The van der Waals surface area contributed by atoms with E-state index >= 15 is 0 Å². The first kappa shape index (κ1) is 17.6. The minimum Gasteiger partial charge on any atom is -0.490 e. The summed E-state index contributed by atoms with van der Waals surface area (Å²) >= 11 is 6.37. The third kappa shape index (κ3) is 5.43. The maximum absolute atomic E-state index is 8.83. The molecular weight excluding hydrogens is 314 g/mol. The van der Waals surface area contributed by atoms with Crippen molar-refractivity contribution in [2.24, 2.45) is 0 Å². The number of aliphatic hydroxyl groups is 1. The van der Waals surface area contributed by atoms with Crippen molar-refractivity contribution in [1.29, 1.82) is 0 Å². The predicted octanol–water partition coefficient (Wildman–Crippen LogP) is 3.40. The van der Waals surface area contributed by atoms with Crippen LogP contribution >= 0.6 is 11.6 Å². The first-order valence-corrected chi connectivity index (χ1v) is 8.06. The summed E-state index contributed by atoms with van der Waals surface area (Å²) in [4.78, 5) is 0. The molecule has 0 amide bonds. The zero-order valence-electron chi connectivity index (χ0n) is 13.2. The van der Waals surface area contributed by atoms with Crippen LogP contribution in [-0.4, -0.2) is 24.9 Å². The van der Waals surface area contributed by atoms with Gasteiger partial charge in [0.25, 0.3) is 0 Å². The Morgan fingerprint density at radius 3 is 2.57 bits per heavy atom. The van der Waals surface area contributed by atoms with E-state index in [0.717, 1.165) is 11.1 Å². The van der Waals surface area contributed by atoms with E-state index in [-0.39, 0.29) is 6.61 Å². The van der Waals surface area contributed by atoms with Gasteiger partial charge in [-0.1, -0.05) is 41.9 Å². The van der Waals surface area contributed by atoms with Crippen molar-refractivity contribution in [3.8, 4) is 11.5 Å². The van der Waals surface area contributed by atoms with Crippen LogP contribution in [0.15, 0.2) is 42.5 Å². The minimum absolute atomic E-state index is 0.102. The summed E-state index contributed by atoms with van der Waals surface area (Å²) in [6.45, 7) is 4.14. The quantitative estimate of drug-likeness (QED) is 0.690. The van der Waals surface area contributed by atoms with Crippen LogP contribution in [-0.2, 0) is 13.2 Å².